The van der Waals surface area contributed by atoms with Gasteiger partial charge in [-0.1, -0.05) is 0 Å². The molecule has 5 rings (SSSR count). The van der Waals surface area contributed by atoms with E-state index in [1.807, 2.05) is 6.07 Å². The van der Waals surface area contributed by atoms with Crippen LogP contribution in [0.15, 0.2) is 36.5 Å². The first-order chi connectivity index (χ1) is 14.5. The van der Waals surface area contributed by atoms with Crippen molar-refractivity contribution < 1.29 is 13.9 Å². The second kappa shape index (κ2) is 7.06. The van der Waals surface area contributed by atoms with Crippen LogP contribution in [0.25, 0.3) is 0 Å². The number of benzene rings is 1. The van der Waals surface area contributed by atoms with Gasteiger partial charge in [-0.3, -0.25) is 4.79 Å². The van der Waals surface area contributed by atoms with Crippen molar-refractivity contribution in [3.63, 3.8) is 0 Å². The highest BCUT2D eigenvalue weighted by atomic mass is 19.1. The molecule has 1 aromatic heterocycles. The second-order valence-corrected chi connectivity index (χ2v) is 8.59. The smallest absolute Gasteiger partial charge is 0.251 e. The molecule has 7 heteroatoms. The quantitative estimate of drug-likeness (QED) is 0.845. The zero-order valence-electron chi connectivity index (χ0n) is 16.8. The van der Waals surface area contributed by atoms with Crippen LogP contribution in [0.2, 0.25) is 0 Å². The predicted octanol–water partition coefficient (Wildman–Crippen LogP) is 2.81. The van der Waals surface area contributed by atoms with Gasteiger partial charge in [-0.15, -0.1) is 0 Å². The number of rotatable bonds is 4. The molecule has 3 fully saturated rings. The molecule has 1 aromatic carbocycles. The number of nitrogens with one attached hydrogen (secondary N) is 1. The van der Waals surface area contributed by atoms with Crippen LogP contribution in [0, 0.1) is 35.9 Å². The third-order valence-corrected chi connectivity index (χ3v) is 6.91. The maximum atomic E-state index is 13.3. The number of hydrogen-bond donors (Lipinski definition) is 1. The minimum absolute atomic E-state index is 0.158. The Hall–Kier alpha value is -2.98. The monoisotopic (exact) mass is 406 g/mol. The average Bonchev–Trinajstić information content (AvgIpc) is 3.40. The minimum atomic E-state index is -0.340. The lowest BCUT2D eigenvalue weighted by Crippen LogP contribution is -2.42. The zero-order valence-corrected chi connectivity index (χ0v) is 16.8. The average molecular weight is 406 g/mol. The first-order valence-corrected chi connectivity index (χ1v) is 10.3. The van der Waals surface area contributed by atoms with Gasteiger partial charge in [-0.2, -0.15) is 5.26 Å². The van der Waals surface area contributed by atoms with E-state index in [2.05, 4.69) is 21.3 Å². The van der Waals surface area contributed by atoms with Gasteiger partial charge in [0.05, 0.1) is 23.3 Å². The Morgan fingerprint density at radius 2 is 2.30 bits per heavy atom. The Morgan fingerprint density at radius 1 is 1.43 bits per heavy atom. The fraction of sp³-hybridized carbons (Fsp3) is 0.435. The minimum Gasteiger partial charge on any atom is -0.369 e. The van der Waals surface area contributed by atoms with E-state index in [9.17, 15) is 14.4 Å². The van der Waals surface area contributed by atoms with Crippen LogP contribution in [0.1, 0.15) is 34.3 Å². The van der Waals surface area contributed by atoms with Crippen molar-refractivity contribution in [3.8, 4) is 6.07 Å². The van der Waals surface area contributed by atoms with E-state index in [0.717, 1.165) is 31.7 Å². The van der Waals surface area contributed by atoms with Crippen LogP contribution in [0.4, 0.5) is 10.2 Å². The maximum Gasteiger partial charge on any atom is 0.251 e. The Bertz CT molecular complexity index is 1050. The Kier molecular flexibility index (Phi) is 4.48. The number of carbonyl (C=O) groups excluding carboxylic acids is 1. The molecule has 0 radical (unpaired) electrons. The number of carbonyl (C=O) groups is 1. The highest BCUT2D eigenvalue weighted by Crippen LogP contribution is 2.55. The van der Waals surface area contributed by atoms with E-state index in [1.165, 1.54) is 18.2 Å². The molecule has 1 N–H and O–H groups in total. The molecule has 2 aromatic rings. The summed E-state index contributed by atoms with van der Waals surface area (Å²) in [6.45, 7) is 3.84. The fourth-order valence-corrected chi connectivity index (χ4v) is 5.49. The van der Waals surface area contributed by atoms with Crippen LogP contribution in [0.5, 0.6) is 0 Å². The molecule has 154 valence electrons. The van der Waals surface area contributed by atoms with Gasteiger partial charge in [-0.25, -0.2) is 9.37 Å². The van der Waals surface area contributed by atoms with Crippen LogP contribution < -0.4 is 10.2 Å². The summed E-state index contributed by atoms with van der Waals surface area (Å²) in [5.74, 6) is 0.816. The van der Waals surface area contributed by atoms with Crippen LogP contribution in [-0.4, -0.2) is 42.2 Å². The van der Waals surface area contributed by atoms with Crippen molar-refractivity contribution in [3.05, 3.63) is 59.0 Å². The molecule has 4 atom stereocenters. The molecule has 0 saturated carbocycles. The van der Waals surface area contributed by atoms with Gasteiger partial charge in [0.2, 0.25) is 0 Å². The molecular weight excluding hydrogens is 383 g/mol. The molecular formula is C23H23FN4O2. The van der Waals surface area contributed by atoms with Crippen molar-refractivity contribution in [2.45, 2.75) is 31.5 Å². The van der Waals surface area contributed by atoms with Crippen molar-refractivity contribution in [1.82, 2.24) is 10.3 Å². The summed E-state index contributed by atoms with van der Waals surface area (Å²) in [6.07, 6.45) is 3.83. The summed E-state index contributed by atoms with van der Waals surface area (Å²) >= 11 is 0. The normalized spacial score (nSPS) is 29.0. The van der Waals surface area contributed by atoms with E-state index in [4.69, 9.17) is 4.74 Å². The molecule has 1 amide bonds. The molecule has 2 bridgehead atoms. The zero-order chi connectivity index (χ0) is 20.9. The Labute approximate surface area is 174 Å². The summed E-state index contributed by atoms with van der Waals surface area (Å²) in [7, 11) is 0. The number of pyridine rings is 1. The number of anilines is 1. The van der Waals surface area contributed by atoms with Gasteiger partial charge in [0, 0.05) is 43.2 Å². The fourth-order valence-electron chi connectivity index (χ4n) is 5.49. The van der Waals surface area contributed by atoms with Gasteiger partial charge in [0.15, 0.2) is 0 Å². The SMILES string of the molecule is Cc1cc(F)ccc1C(=O)NC[C@H]1[C@H]2CN(c3cc(C#N)ccn3)C[C@]23CC[C@H]1O3. The third kappa shape index (κ3) is 3.03. The Morgan fingerprint density at radius 3 is 3.10 bits per heavy atom. The number of amides is 1. The number of fused-ring (bicyclic) bond motifs is 1. The van der Waals surface area contributed by atoms with E-state index >= 15 is 0 Å². The predicted molar refractivity (Wildman–Crippen MR) is 108 cm³/mol. The van der Waals surface area contributed by atoms with Gasteiger partial charge in [-0.05, 0) is 55.7 Å². The van der Waals surface area contributed by atoms with E-state index < -0.39 is 0 Å². The number of ether oxygens (including phenoxy) is 1. The molecule has 30 heavy (non-hydrogen) atoms. The first-order valence-electron chi connectivity index (χ1n) is 10.3. The van der Waals surface area contributed by atoms with Crippen LogP contribution >= 0.6 is 0 Å². The van der Waals surface area contributed by atoms with E-state index in [-0.39, 0.29) is 29.3 Å². The number of aromatic nitrogens is 1. The van der Waals surface area contributed by atoms with Crippen molar-refractivity contribution in [2.75, 3.05) is 24.5 Å². The lowest BCUT2D eigenvalue weighted by atomic mass is 9.73. The second-order valence-electron chi connectivity index (χ2n) is 8.59. The van der Waals surface area contributed by atoms with E-state index in [0.29, 0.717) is 29.2 Å². The Balaban J connectivity index is 1.30. The summed E-state index contributed by atoms with van der Waals surface area (Å²) in [4.78, 5) is 19.3. The van der Waals surface area contributed by atoms with Gasteiger partial charge in [0.25, 0.3) is 5.91 Å². The topological polar surface area (TPSA) is 78.3 Å². The first kappa shape index (κ1) is 19.0. The number of halogens is 1. The van der Waals surface area contributed by atoms with Crippen LogP contribution in [0.3, 0.4) is 0 Å². The molecule has 0 unspecified atom stereocenters. The molecule has 3 saturated heterocycles. The highest BCUT2D eigenvalue weighted by molar-refractivity contribution is 5.95. The lowest BCUT2D eigenvalue weighted by molar-refractivity contribution is 0.0141. The summed E-state index contributed by atoms with van der Waals surface area (Å²) in [5, 5.41) is 12.2. The summed E-state index contributed by atoms with van der Waals surface area (Å²) < 4.78 is 19.8. The summed E-state index contributed by atoms with van der Waals surface area (Å²) in [6, 6.07) is 9.91. The van der Waals surface area contributed by atoms with Gasteiger partial charge in [0.1, 0.15) is 11.6 Å². The van der Waals surface area contributed by atoms with Crippen molar-refractivity contribution in [1.29, 1.82) is 5.26 Å². The molecule has 6 nitrogen and oxygen atoms in total. The van der Waals surface area contributed by atoms with Gasteiger partial charge >= 0.3 is 0 Å². The molecule has 1 spiro atoms. The van der Waals surface area contributed by atoms with Gasteiger partial charge < -0.3 is 15.0 Å². The highest BCUT2D eigenvalue weighted by Gasteiger charge is 2.63. The maximum absolute atomic E-state index is 13.3. The molecule has 3 aliphatic rings. The number of aryl methyl sites for hydroxylation is 1. The number of nitrogens with zero attached hydrogens (tertiary/aromatic N) is 3. The molecule has 3 aliphatic heterocycles. The van der Waals surface area contributed by atoms with E-state index in [1.54, 1.807) is 19.2 Å². The van der Waals surface area contributed by atoms with Crippen molar-refractivity contribution >= 4 is 11.7 Å². The third-order valence-electron chi connectivity index (χ3n) is 6.91. The number of hydrogen-bond acceptors (Lipinski definition) is 5. The molecule has 4 heterocycles. The van der Waals surface area contributed by atoms with Crippen LogP contribution in [-0.2, 0) is 4.74 Å². The summed E-state index contributed by atoms with van der Waals surface area (Å²) in [5.41, 5.74) is 1.53. The number of nitriles is 1. The van der Waals surface area contributed by atoms with Crippen molar-refractivity contribution in [2.24, 2.45) is 11.8 Å². The molecule has 0 aliphatic carbocycles. The lowest BCUT2D eigenvalue weighted by Gasteiger charge is -2.29. The largest absolute Gasteiger partial charge is 0.369 e. The standard InChI is InChI=1S/C23H23FN4O2/c1-14-8-16(24)2-3-17(14)22(29)27-11-18-19-12-28(13-23(19)6-4-20(18)30-23)21-9-15(10-25)5-7-26-21/h2-3,5,7-9,18-20H,4,6,11-13H2,1H3,(H,27,29)/t18-,19+,20+,23+/m0/s1.